The highest BCUT2D eigenvalue weighted by molar-refractivity contribution is 7.89. The van der Waals surface area contributed by atoms with E-state index in [0.717, 1.165) is 24.2 Å². The van der Waals surface area contributed by atoms with Gasteiger partial charge in [0.1, 0.15) is 0 Å². The largest absolute Gasteiger partial charge is 0.381 e. The van der Waals surface area contributed by atoms with E-state index in [1.54, 1.807) is 12.1 Å². The fourth-order valence-corrected chi connectivity index (χ4v) is 3.42. The van der Waals surface area contributed by atoms with Crippen molar-refractivity contribution in [3.63, 3.8) is 0 Å². The van der Waals surface area contributed by atoms with Gasteiger partial charge in [0.25, 0.3) is 0 Å². The lowest BCUT2D eigenvalue weighted by atomic mass is 10.1. The lowest BCUT2D eigenvalue weighted by molar-refractivity contribution is 0.186. The molecule has 1 aliphatic rings. The van der Waals surface area contributed by atoms with Crippen LogP contribution in [-0.2, 0) is 21.3 Å². The van der Waals surface area contributed by atoms with Crippen LogP contribution in [0.5, 0.6) is 0 Å². The first-order valence-electron chi connectivity index (χ1n) is 6.84. The van der Waals surface area contributed by atoms with Gasteiger partial charge in [0.2, 0.25) is 10.0 Å². The van der Waals surface area contributed by atoms with Crippen LogP contribution in [0.15, 0.2) is 23.1 Å². The Kier molecular flexibility index (Phi) is 5.15. The number of rotatable bonds is 6. The van der Waals surface area contributed by atoms with Gasteiger partial charge in [0, 0.05) is 19.7 Å². The summed E-state index contributed by atoms with van der Waals surface area (Å²) in [4.78, 5) is 0.326. The first kappa shape index (κ1) is 15.4. The lowest BCUT2D eigenvalue weighted by Gasteiger charge is -2.12. The van der Waals surface area contributed by atoms with E-state index in [2.05, 4.69) is 10.0 Å². The molecule has 20 heavy (non-hydrogen) atoms. The SMILES string of the molecule is CNCc1cc(S(=O)(=O)NCC2CCOC2)ccc1C. The van der Waals surface area contributed by atoms with E-state index >= 15 is 0 Å². The zero-order chi connectivity index (χ0) is 14.6. The molecule has 1 aromatic rings. The number of aryl methyl sites for hydroxylation is 1. The summed E-state index contributed by atoms with van der Waals surface area (Å²) in [6, 6.07) is 5.24. The average molecular weight is 298 g/mol. The number of hydrogen-bond donors (Lipinski definition) is 2. The third kappa shape index (κ3) is 3.79. The van der Waals surface area contributed by atoms with Crippen LogP contribution in [0, 0.1) is 12.8 Å². The van der Waals surface area contributed by atoms with Crippen molar-refractivity contribution in [3.05, 3.63) is 29.3 Å². The van der Waals surface area contributed by atoms with Crippen molar-refractivity contribution in [3.8, 4) is 0 Å². The molecule has 1 heterocycles. The molecule has 1 aromatic carbocycles. The second-order valence-electron chi connectivity index (χ2n) is 5.20. The molecule has 6 heteroatoms. The number of sulfonamides is 1. The fourth-order valence-electron chi connectivity index (χ4n) is 2.25. The van der Waals surface area contributed by atoms with Gasteiger partial charge in [-0.3, -0.25) is 0 Å². The van der Waals surface area contributed by atoms with Gasteiger partial charge >= 0.3 is 0 Å². The first-order valence-corrected chi connectivity index (χ1v) is 8.33. The van der Waals surface area contributed by atoms with Crippen molar-refractivity contribution < 1.29 is 13.2 Å². The molecule has 112 valence electrons. The topological polar surface area (TPSA) is 67.4 Å². The molecular formula is C14H22N2O3S. The third-order valence-electron chi connectivity index (χ3n) is 3.58. The molecule has 0 radical (unpaired) electrons. The summed E-state index contributed by atoms with van der Waals surface area (Å²) in [5.74, 6) is 0.284. The average Bonchev–Trinajstić information content (AvgIpc) is 2.92. The molecule has 1 unspecified atom stereocenters. The van der Waals surface area contributed by atoms with E-state index in [-0.39, 0.29) is 5.92 Å². The molecular weight excluding hydrogens is 276 g/mol. The Hall–Kier alpha value is -0.950. The van der Waals surface area contributed by atoms with E-state index in [1.807, 2.05) is 20.0 Å². The molecule has 0 bridgehead atoms. The Labute approximate surface area is 120 Å². The molecule has 0 aliphatic carbocycles. The lowest BCUT2D eigenvalue weighted by Crippen LogP contribution is -2.29. The van der Waals surface area contributed by atoms with E-state index < -0.39 is 10.0 Å². The maximum Gasteiger partial charge on any atom is 0.240 e. The Balaban J connectivity index is 2.09. The van der Waals surface area contributed by atoms with Crippen LogP contribution in [0.1, 0.15) is 17.5 Å². The van der Waals surface area contributed by atoms with Gasteiger partial charge in [0.05, 0.1) is 11.5 Å². The van der Waals surface area contributed by atoms with Crippen molar-refractivity contribution in [1.29, 1.82) is 0 Å². The zero-order valence-electron chi connectivity index (χ0n) is 12.0. The van der Waals surface area contributed by atoms with Crippen molar-refractivity contribution in [2.24, 2.45) is 5.92 Å². The van der Waals surface area contributed by atoms with Crippen molar-refractivity contribution in [1.82, 2.24) is 10.0 Å². The highest BCUT2D eigenvalue weighted by Crippen LogP contribution is 2.17. The molecule has 5 nitrogen and oxygen atoms in total. The third-order valence-corrected chi connectivity index (χ3v) is 5.01. The van der Waals surface area contributed by atoms with Gasteiger partial charge in [-0.05, 0) is 49.6 Å². The summed E-state index contributed by atoms with van der Waals surface area (Å²) in [5, 5.41) is 3.05. The van der Waals surface area contributed by atoms with Crippen molar-refractivity contribution in [2.75, 3.05) is 26.8 Å². The molecule has 2 rings (SSSR count). The summed E-state index contributed by atoms with van der Waals surface area (Å²) in [5.41, 5.74) is 2.09. The summed E-state index contributed by atoms with van der Waals surface area (Å²) in [7, 11) is -1.59. The Morgan fingerprint density at radius 1 is 1.40 bits per heavy atom. The molecule has 0 amide bonds. The number of nitrogens with one attached hydrogen (secondary N) is 2. The quantitative estimate of drug-likeness (QED) is 0.823. The monoisotopic (exact) mass is 298 g/mol. The highest BCUT2D eigenvalue weighted by Gasteiger charge is 2.20. The predicted molar refractivity (Wildman–Crippen MR) is 78.1 cm³/mol. The van der Waals surface area contributed by atoms with Gasteiger partial charge in [0.15, 0.2) is 0 Å². The van der Waals surface area contributed by atoms with Gasteiger partial charge in [-0.25, -0.2) is 13.1 Å². The van der Waals surface area contributed by atoms with Crippen LogP contribution in [-0.4, -0.2) is 35.2 Å². The molecule has 1 aliphatic heterocycles. The summed E-state index contributed by atoms with van der Waals surface area (Å²) >= 11 is 0. The molecule has 1 fully saturated rings. The summed E-state index contributed by atoms with van der Waals surface area (Å²) < 4.78 is 32.5. The van der Waals surface area contributed by atoms with Crippen LogP contribution in [0.2, 0.25) is 0 Å². The predicted octanol–water partition coefficient (Wildman–Crippen LogP) is 1.03. The van der Waals surface area contributed by atoms with Crippen LogP contribution < -0.4 is 10.0 Å². The van der Waals surface area contributed by atoms with Gasteiger partial charge in [-0.1, -0.05) is 6.07 Å². The minimum atomic E-state index is -3.44. The number of hydrogen-bond acceptors (Lipinski definition) is 4. The smallest absolute Gasteiger partial charge is 0.240 e. The Morgan fingerprint density at radius 3 is 2.85 bits per heavy atom. The van der Waals surface area contributed by atoms with E-state index in [1.165, 1.54) is 0 Å². The molecule has 0 aromatic heterocycles. The second-order valence-corrected chi connectivity index (χ2v) is 6.97. The van der Waals surface area contributed by atoms with Crippen LogP contribution in [0.3, 0.4) is 0 Å². The van der Waals surface area contributed by atoms with Crippen LogP contribution >= 0.6 is 0 Å². The standard InChI is InChI=1S/C14H22N2O3S/c1-11-3-4-14(7-13(11)9-15-2)20(17,18)16-8-12-5-6-19-10-12/h3-4,7,12,15-16H,5-6,8-10H2,1-2H3. The van der Waals surface area contributed by atoms with E-state index in [0.29, 0.717) is 24.6 Å². The van der Waals surface area contributed by atoms with Crippen molar-refractivity contribution in [2.45, 2.75) is 24.8 Å². The van der Waals surface area contributed by atoms with E-state index in [4.69, 9.17) is 4.74 Å². The molecule has 0 spiro atoms. The maximum atomic E-state index is 12.3. The zero-order valence-corrected chi connectivity index (χ0v) is 12.8. The molecule has 2 N–H and O–H groups in total. The van der Waals surface area contributed by atoms with E-state index in [9.17, 15) is 8.42 Å². The second kappa shape index (κ2) is 6.67. The van der Waals surface area contributed by atoms with Crippen LogP contribution in [0.25, 0.3) is 0 Å². The summed E-state index contributed by atoms with van der Waals surface area (Å²) in [6.07, 6.45) is 0.918. The van der Waals surface area contributed by atoms with Crippen LogP contribution in [0.4, 0.5) is 0 Å². The number of benzene rings is 1. The molecule has 0 saturated carbocycles. The van der Waals surface area contributed by atoms with Gasteiger partial charge < -0.3 is 10.1 Å². The van der Waals surface area contributed by atoms with Gasteiger partial charge in [-0.2, -0.15) is 0 Å². The fraction of sp³-hybridized carbons (Fsp3) is 0.571. The normalized spacial score (nSPS) is 19.4. The molecule has 1 saturated heterocycles. The highest BCUT2D eigenvalue weighted by atomic mass is 32.2. The molecule has 1 atom stereocenters. The van der Waals surface area contributed by atoms with Gasteiger partial charge in [-0.15, -0.1) is 0 Å². The minimum absolute atomic E-state index is 0.284. The Morgan fingerprint density at radius 2 is 2.20 bits per heavy atom. The summed E-state index contributed by atoms with van der Waals surface area (Å²) in [6.45, 7) is 4.44. The number of ether oxygens (including phenoxy) is 1. The maximum absolute atomic E-state index is 12.3. The minimum Gasteiger partial charge on any atom is -0.381 e. The first-order chi connectivity index (χ1) is 9.53. The van der Waals surface area contributed by atoms with Crippen molar-refractivity contribution >= 4 is 10.0 Å². The Bertz CT molecular complexity index is 552.